The van der Waals surface area contributed by atoms with Crippen molar-refractivity contribution in [2.75, 3.05) is 0 Å². The Morgan fingerprint density at radius 2 is 2.45 bits per heavy atom. The van der Waals surface area contributed by atoms with E-state index in [9.17, 15) is 4.79 Å². The maximum atomic E-state index is 10.3. The predicted molar refractivity (Wildman–Crippen MR) is 45.0 cm³/mol. The van der Waals surface area contributed by atoms with E-state index in [-0.39, 0.29) is 6.42 Å². The smallest absolute Gasteiger partial charge is 0.307 e. The quantitative estimate of drug-likeness (QED) is 0.752. The molecule has 1 rings (SSSR count). The molecule has 0 bridgehead atoms. The van der Waals surface area contributed by atoms with Crippen molar-refractivity contribution in [3.8, 4) is 0 Å². The summed E-state index contributed by atoms with van der Waals surface area (Å²) in [5, 5.41) is 10.4. The van der Waals surface area contributed by atoms with Crippen molar-refractivity contribution in [2.45, 2.75) is 19.8 Å². The van der Waals surface area contributed by atoms with Crippen molar-refractivity contribution in [1.82, 2.24) is 0 Å². The van der Waals surface area contributed by atoms with E-state index in [0.29, 0.717) is 0 Å². The van der Waals surface area contributed by atoms with Gasteiger partial charge in [-0.3, -0.25) is 4.79 Å². The van der Waals surface area contributed by atoms with Crippen LogP contribution >= 0.6 is 11.3 Å². The monoisotopic (exact) mass is 170 g/mol. The Kier molecular flexibility index (Phi) is 2.65. The first-order valence-electron chi connectivity index (χ1n) is 3.50. The zero-order chi connectivity index (χ0) is 8.27. The zero-order valence-electron chi connectivity index (χ0n) is 6.33. The molecule has 1 heterocycles. The number of rotatable bonds is 3. The number of hydrogen-bond donors (Lipinski definition) is 1. The number of aryl methyl sites for hydroxylation is 1. The molecule has 0 fully saturated rings. The fourth-order valence-corrected chi connectivity index (χ4v) is 1.72. The minimum atomic E-state index is -0.759. The Hall–Kier alpha value is -0.830. The van der Waals surface area contributed by atoms with Gasteiger partial charge in [0.2, 0.25) is 0 Å². The molecule has 11 heavy (non-hydrogen) atoms. The molecule has 1 aromatic rings. The van der Waals surface area contributed by atoms with Gasteiger partial charge in [0.05, 0.1) is 6.42 Å². The summed E-state index contributed by atoms with van der Waals surface area (Å²) in [5.41, 5.74) is 0.916. The van der Waals surface area contributed by atoms with Gasteiger partial charge in [-0.15, -0.1) is 11.3 Å². The fourth-order valence-electron chi connectivity index (χ4n) is 0.879. The second kappa shape index (κ2) is 3.53. The second-order valence-corrected chi connectivity index (χ2v) is 3.34. The van der Waals surface area contributed by atoms with E-state index in [0.717, 1.165) is 12.0 Å². The van der Waals surface area contributed by atoms with E-state index in [4.69, 9.17) is 5.11 Å². The van der Waals surface area contributed by atoms with Crippen molar-refractivity contribution < 1.29 is 9.90 Å². The molecule has 0 aromatic carbocycles. The summed E-state index contributed by atoms with van der Waals surface area (Å²) < 4.78 is 0. The molecular weight excluding hydrogens is 160 g/mol. The highest BCUT2D eigenvalue weighted by molar-refractivity contribution is 7.10. The van der Waals surface area contributed by atoms with Crippen molar-refractivity contribution >= 4 is 17.3 Å². The third-order valence-electron chi connectivity index (χ3n) is 1.41. The van der Waals surface area contributed by atoms with Crippen molar-refractivity contribution in [1.29, 1.82) is 0 Å². The lowest BCUT2D eigenvalue weighted by atomic mass is 10.2. The summed E-state index contributed by atoms with van der Waals surface area (Å²) in [4.78, 5) is 11.5. The Bertz CT molecular complexity index is 252. The third kappa shape index (κ3) is 2.35. The highest BCUT2D eigenvalue weighted by Gasteiger charge is 2.02. The van der Waals surface area contributed by atoms with E-state index in [2.05, 4.69) is 6.92 Å². The van der Waals surface area contributed by atoms with Gasteiger partial charge in [0, 0.05) is 4.88 Å². The number of thiophene rings is 1. The van der Waals surface area contributed by atoms with Crippen LogP contribution in [0.25, 0.3) is 0 Å². The average Bonchev–Trinajstić information content (AvgIpc) is 2.34. The third-order valence-corrected chi connectivity index (χ3v) is 2.54. The van der Waals surface area contributed by atoms with Crippen LogP contribution in [0.1, 0.15) is 17.4 Å². The van der Waals surface area contributed by atoms with E-state index in [1.807, 2.05) is 11.4 Å². The van der Waals surface area contributed by atoms with Gasteiger partial charge in [0.25, 0.3) is 0 Å². The Labute approximate surface area is 69.5 Å². The first kappa shape index (κ1) is 8.27. The van der Waals surface area contributed by atoms with Crippen LogP contribution in [0.4, 0.5) is 0 Å². The number of aliphatic carboxylic acids is 1. The molecule has 0 saturated heterocycles. The highest BCUT2D eigenvalue weighted by Crippen LogP contribution is 2.15. The zero-order valence-corrected chi connectivity index (χ0v) is 7.15. The molecule has 0 aliphatic carbocycles. The molecule has 0 unspecified atom stereocenters. The number of carboxylic acid groups (broad SMARTS) is 1. The van der Waals surface area contributed by atoms with Gasteiger partial charge in [0.1, 0.15) is 0 Å². The molecule has 0 atom stereocenters. The van der Waals surface area contributed by atoms with Crippen molar-refractivity contribution in [3.05, 3.63) is 21.9 Å². The lowest BCUT2D eigenvalue weighted by Gasteiger charge is -1.87. The van der Waals surface area contributed by atoms with Crippen LogP contribution in [0.5, 0.6) is 0 Å². The topological polar surface area (TPSA) is 37.3 Å². The maximum absolute atomic E-state index is 10.3. The van der Waals surface area contributed by atoms with Crippen LogP contribution in [0, 0.1) is 0 Å². The minimum Gasteiger partial charge on any atom is -0.481 e. The van der Waals surface area contributed by atoms with E-state index in [1.165, 1.54) is 4.88 Å². The van der Waals surface area contributed by atoms with E-state index in [1.54, 1.807) is 11.3 Å². The van der Waals surface area contributed by atoms with E-state index < -0.39 is 5.97 Å². The number of hydrogen-bond acceptors (Lipinski definition) is 2. The molecule has 0 saturated carbocycles. The first-order valence-corrected chi connectivity index (χ1v) is 4.38. The van der Waals surface area contributed by atoms with Crippen LogP contribution in [0.2, 0.25) is 0 Å². The summed E-state index contributed by atoms with van der Waals surface area (Å²) in [6.45, 7) is 2.07. The van der Waals surface area contributed by atoms with Gasteiger partial charge in [-0.1, -0.05) is 6.92 Å². The summed E-state index contributed by atoms with van der Waals surface area (Å²) in [6.07, 6.45) is 1.14. The van der Waals surface area contributed by atoms with E-state index >= 15 is 0 Å². The van der Waals surface area contributed by atoms with Crippen LogP contribution in [-0.4, -0.2) is 11.1 Å². The second-order valence-electron chi connectivity index (χ2n) is 2.35. The van der Waals surface area contributed by atoms with Crippen LogP contribution in [0.3, 0.4) is 0 Å². The predicted octanol–water partition coefficient (Wildman–Crippen LogP) is 1.94. The molecule has 3 heteroatoms. The van der Waals surface area contributed by atoms with Gasteiger partial charge < -0.3 is 5.11 Å². The van der Waals surface area contributed by atoms with Gasteiger partial charge in [-0.25, -0.2) is 0 Å². The molecular formula is C8H10O2S. The summed E-state index contributed by atoms with van der Waals surface area (Å²) in [7, 11) is 0. The minimum absolute atomic E-state index is 0.149. The summed E-state index contributed by atoms with van der Waals surface area (Å²) in [5.74, 6) is -0.759. The van der Waals surface area contributed by atoms with Crippen molar-refractivity contribution in [2.24, 2.45) is 0 Å². The summed E-state index contributed by atoms with van der Waals surface area (Å²) >= 11 is 1.63. The lowest BCUT2D eigenvalue weighted by molar-refractivity contribution is -0.136. The molecule has 0 spiro atoms. The van der Waals surface area contributed by atoms with Gasteiger partial charge in [-0.2, -0.15) is 0 Å². The Balaban J connectivity index is 2.65. The highest BCUT2D eigenvalue weighted by atomic mass is 32.1. The molecule has 0 aliphatic rings. The molecule has 0 aliphatic heterocycles. The first-order chi connectivity index (χ1) is 5.22. The largest absolute Gasteiger partial charge is 0.481 e. The van der Waals surface area contributed by atoms with Gasteiger partial charge >= 0.3 is 5.97 Å². The van der Waals surface area contributed by atoms with Crippen LogP contribution in [-0.2, 0) is 17.6 Å². The Morgan fingerprint density at radius 1 is 1.73 bits per heavy atom. The fraction of sp³-hybridized carbons (Fsp3) is 0.375. The molecule has 1 N–H and O–H groups in total. The average molecular weight is 170 g/mol. The molecule has 1 aromatic heterocycles. The molecule has 0 amide bonds. The normalized spacial score (nSPS) is 9.91. The Morgan fingerprint density at radius 3 is 2.91 bits per heavy atom. The SMILES string of the molecule is CCc1cc(CC(=O)O)cs1. The molecule has 0 radical (unpaired) electrons. The number of carboxylic acids is 1. The van der Waals surface area contributed by atoms with Crippen LogP contribution in [0.15, 0.2) is 11.4 Å². The molecule has 60 valence electrons. The van der Waals surface area contributed by atoms with Crippen LogP contribution < -0.4 is 0 Å². The maximum Gasteiger partial charge on any atom is 0.307 e. The summed E-state index contributed by atoms with van der Waals surface area (Å²) in [6, 6.07) is 1.96. The van der Waals surface area contributed by atoms with Gasteiger partial charge in [0.15, 0.2) is 0 Å². The van der Waals surface area contributed by atoms with Gasteiger partial charge in [-0.05, 0) is 23.4 Å². The van der Waals surface area contributed by atoms with Crippen molar-refractivity contribution in [3.63, 3.8) is 0 Å². The lowest BCUT2D eigenvalue weighted by Crippen LogP contribution is -1.97. The molecule has 2 nitrogen and oxygen atoms in total. The standard InChI is InChI=1S/C8H10O2S/c1-2-7-3-6(5-11-7)4-8(9)10/h3,5H,2,4H2,1H3,(H,9,10). The number of carbonyl (C=O) groups is 1.